The van der Waals surface area contributed by atoms with E-state index in [-0.39, 0.29) is 24.4 Å². The van der Waals surface area contributed by atoms with E-state index in [1.165, 1.54) is 0 Å². The third-order valence-corrected chi connectivity index (χ3v) is 2.78. The molecule has 21 heavy (non-hydrogen) atoms. The Balaban J connectivity index is 0.00000400. The van der Waals surface area contributed by atoms with Crippen molar-refractivity contribution in [3.63, 3.8) is 0 Å². The van der Waals surface area contributed by atoms with E-state index in [9.17, 15) is 4.79 Å². The van der Waals surface area contributed by atoms with Crippen LogP contribution >= 0.6 is 12.4 Å². The number of amides is 1. The van der Waals surface area contributed by atoms with E-state index in [0.29, 0.717) is 26.0 Å². The predicted molar refractivity (Wildman–Crippen MR) is 86.2 cm³/mol. The van der Waals surface area contributed by atoms with Crippen LogP contribution in [0.25, 0.3) is 0 Å². The van der Waals surface area contributed by atoms with E-state index in [1.54, 1.807) is 7.11 Å². The molecule has 0 aliphatic heterocycles. The first-order valence-corrected chi connectivity index (χ1v) is 6.91. The number of nitrogens with two attached hydrogens (primary N) is 1. The number of carbonyl (C=O) groups is 1. The van der Waals surface area contributed by atoms with Gasteiger partial charge in [0.15, 0.2) is 0 Å². The highest BCUT2D eigenvalue weighted by Gasteiger charge is 2.02. The Morgan fingerprint density at radius 1 is 1.38 bits per heavy atom. The molecule has 120 valence electrons. The van der Waals surface area contributed by atoms with E-state index in [4.69, 9.17) is 15.2 Å². The molecule has 1 aromatic carbocycles. The molecule has 6 heteroatoms. The second-order valence-electron chi connectivity index (χ2n) is 4.75. The van der Waals surface area contributed by atoms with Gasteiger partial charge in [0.2, 0.25) is 5.91 Å². The van der Waals surface area contributed by atoms with Crippen molar-refractivity contribution in [1.29, 1.82) is 0 Å². The molecule has 3 N–H and O–H groups in total. The first-order chi connectivity index (χ1) is 9.61. The summed E-state index contributed by atoms with van der Waals surface area (Å²) in [5.41, 5.74) is 5.59. The van der Waals surface area contributed by atoms with Crippen LogP contribution in [0.5, 0.6) is 11.5 Å². The summed E-state index contributed by atoms with van der Waals surface area (Å²) in [4.78, 5) is 11.4. The molecule has 0 aliphatic rings. The second kappa shape index (κ2) is 11.2. The van der Waals surface area contributed by atoms with Gasteiger partial charge in [0, 0.05) is 25.1 Å². The Kier molecular flexibility index (Phi) is 10.4. The van der Waals surface area contributed by atoms with Gasteiger partial charge < -0.3 is 20.5 Å². The van der Waals surface area contributed by atoms with Gasteiger partial charge in [-0.15, -0.1) is 12.4 Å². The van der Waals surface area contributed by atoms with Crippen molar-refractivity contribution < 1.29 is 14.3 Å². The molecule has 1 amide bonds. The molecule has 5 nitrogen and oxygen atoms in total. The Labute approximate surface area is 132 Å². The van der Waals surface area contributed by atoms with Crippen molar-refractivity contribution in [3.8, 4) is 11.5 Å². The number of nitrogens with one attached hydrogen (secondary N) is 1. The minimum absolute atomic E-state index is 0. The smallest absolute Gasteiger partial charge is 0.220 e. The highest BCUT2D eigenvalue weighted by atomic mass is 35.5. The third-order valence-electron chi connectivity index (χ3n) is 2.78. The van der Waals surface area contributed by atoms with Crippen molar-refractivity contribution in [3.05, 3.63) is 24.3 Å². The SMILES string of the molecule is COc1cccc(OCCCNC(=O)CCC(C)N)c1.Cl. The molecule has 0 fully saturated rings. The summed E-state index contributed by atoms with van der Waals surface area (Å²) in [6, 6.07) is 7.53. The maximum Gasteiger partial charge on any atom is 0.220 e. The molecular weight excluding hydrogens is 292 g/mol. The highest BCUT2D eigenvalue weighted by molar-refractivity contribution is 5.85. The van der Waals surface area contributed by atoms with Crippen LogP contribution in [-0.4, -0.2) is 32.2 Å². The van der Waals surface area contributed by atoms with Gasteiger partial charge in [0.1, 0.15) is 11.5 Å². The molecule has 0 bridgehead atoms. The number of halogens is 1. The van der Waals surface area contributed by atoms with Crippen LogP contribution in [0.15, 0.2) is 24.3 Å². The molecule has 0 saturated carbocycles. The number of hydrogen-bond donors (Lipinski definition) is 2. The molecule has 1 aromatic rings. The zero-order valence-corrected chi connectivity index (χ0v) is 13.4. The quantitative estimate of drug-likeness (QED) is 0.684. The van der Waals surface area contributed by atoms with Gasteiger partial charge in [-0.3, -0.25) is 4.79 Å². The second-order valence-corrected chi connectivity index (χ2v) is 4.75. The Hall–Kier alpha value is -1.46. The largest absolute Gasteiger partial charge is 0.497 e. The van der Waals surface area contributed by atoms with Crippen LogP contribution in [0.2, 0.25) is 0 Å². The van der Waals surface area contributed by atoms with E-state index in [2.05, 4.69) is 5.32 Å². The van der Waals surface area contributed by atoms with Crippen molar-refractivity contribution in [2.75, 3.05) is 20.3 Å². The summed E-state index contributed by atoms with van der Waals surface area (Å²) < 4.78 is 10.7. The van der Waals surface area contributed by atoms with Crippen LogP contribution in [0.1, 0.15) is 26.2 Å². The van der Waals surface area contributed by atoms with E-state index >= 15 is 0 Å². The zero-order chi connectivity index (χ0) is 14.8. The normalized spacial score (nSPS) is 11.2. The standard InChI is InChI=1S/C15H24N2O3.ClH/c1-12(16)7-8-15(18)17-9-4-10-20-14-6-3-5-13(11-14)19-2;/h3,5-6,11-12H,4,7-10,16H2,1-2H3,(H,17,18);1H. The number of carbonyl (C=O) groups excluding carboxylic acids is 1. The molecule has 1 atom stereocenters. The maximum absolute atomic E-state index is 11.4. The highest BCUT2D eigenvalue weighted by Crippen LogP contribution is 2.18. The number of hydrogen-bond acceptors (Lipinski definition) is 4. The van der Waals surface area contributed by atoms with Crippen LogP contribution in [0.4, 0.5) is 0 Å². The topological polar surface area (TPSA) is 73.6 Å². The van der Waals surface area contributed by atoms with Gasteiger partial charge in [-0.1, -0.05) is 6.07 Å². The fraction of sp³-hybridized carbons (Fsp3) is 0.533. The van der Waals surface area contributed by atoms with Crippen molar-refractivity contribution in [2.24, 2.45) is 5.73 Å². The average molecular weight is 317 g/mol. The summed E-state index contributed by atoms with van der Waals surface area (Å²) in [7, 11) is 1.62. The minimum Gasteiger partial charge on any atom is -0.497 e. The summed E-state index contributed by atoms with van der Waals surface area (Å²) in [5.74, 6) is 1.59. The van der Waals surface area contributed by atoms with Crippen molar-refractivity contribution >= 4 is 18.3 Å². The van der Waals surface area contributed by atoms with Crippen LogP contribution in [-0.2, 0) is 4.79 Å². The Morgan fingerprint density at radius 2 is 2.10 bits per heavy atom. The van der Waals surface area contributed by atoms with Gasteiger partial charge >= 0.3 is 0 Å². The summed E-state index contributed by atoms with van der Waals surface area (Å²) in [5, 5.41) is 2.85. The summed E-state index contributed by atoms with van der Waals surface area (Å²) >= 11 is 0. The maximum atomic E-state index is 11.4. The lowest BCUT2D eigenvalue weighted by Gasteiger charge is -2.09. The summed E-state index contributed by atoms with van der Waals surface area (Å²) in [6.07, 6.45) is 1.96. The number of methoxy groups -OCH3 is 1. The first kappa shape index (κ1) is 19.5. The average Bonchev–Trinajstić information content (AvgIpc) is 2.45. The molecule has 1 rings (SSSR count). The van der Waals surface area contributed by atoms with Gasteiger partial charge in [-0.2, -0.15) is 0 Å². The van der Waals surface area contributed by atoms with Crippen LogP contribution < -0.4 is 20.5 Å². The third kappa shape index (κ3) is 9.15. The van der Waals surface area contributed by atoms with Gasteiger partial charge in [0.25, 0.3) is 0 Å². The molecule has 0 aromatic heterocycles. The van der Waals surface area contributed by atoms with Gasteiger partial charge in [-0.25, -0.2) is 0 Å². The van der Waals surface area contributed by atoms with Gasteiger partial charge in [0.05, 0.1) is 13.7 Å². The lowest BCUT2D eigenvalue weighted by atomic mass is 10.2. The number of benzene rings is 1. The minimum atomic E-state index is 0. The van der Waals surface area contributed by atoms with E-state index in [1.807, 2.05) is 31.2 Å². The molecular formula is C15H25ClN2O3. The van der Waals surface area contributed by atoms with E-state index in [0.717, 1.165) is 17.9 Å². The van der Waals surface area contributed by atoms with Crippen molar-refractivity contribution in [2.45, 2.75) is 32.2 Å². The fourth-order valence-corrected chi connectivity index (χ4v) is 1.63. The molecule has 0 aliphatic carbocycles. The number of rotatable bonds is 9. The molecule has 1 unspecified atom stereocenters. The monoisotopic (exact) mass is 316 g/mol. The molecule has 0 heterocycles. The molecule has 0 spiro atoms. The predicted octanol–water partition coefficient (Wildman–Crippen LogP) is 2.13. The fourth-order valence-electron chi connectivity index (χ4n) is 1.63. The lowest BCUT2D eigenvalue weighted by Crippen LogP contribution is -2.27. The van der Waals surface area contributed by atoms with Gasteiger partial charge in [-0.05, 0) is 31.9 Å². The van der Waals surface area contributed by atoms with E-state index < -0.39 is 0 Å². The Morgan fingerprint density at radius 3 is 2.76 bits per heavy atom. The molecule has 0 radical (unpaired) electrons. The summed E-state index contributed by atoms with van der Waals surface area (Å²) in [6.45, 7) is 3.07. The lowest BCUT2D eigenvalue weighted by molar-refractivity contribution is -0.121. The molecule has 0 saturated heterocycles. The van der Waals surface area contributed by atoms with Crippen molar-refractivity contribution in [1.82, 2.24) is 5.32 Å². The Bertz CT molecular complexity index is 414. The van der Waals surface area contributed by atoms with Crippen LogP contribution in [0, 0.1) is 0 Å². The zero-order valence-electron chi connectivity index (χ0n) is 12.6. The first-order valence-electron chi connectivity index (χ1n) is 6.91. The number of ether oxygens (including phenoxy) is 2. The van der Waals surface area contributed by atoms with Crippen LogP contribution in [0.3, 0.4) is 0 Å².